The van der Waals surface area contributed by atoms with Gasteiger partial charge in [0.15, 0.2) is 0 Å². The third-order valence-electron chi connectivity index (χ3n) is 6.18. The molecule has 1 aliphatic carbocycles. The SMILES string of the molecule is CCCC[C@H](CC(=O)NO)C(=O)N1CC2(CC2)C[C@H]1C(=O)N=C(N)/C=C(\[OH2+])C(C)(C)C. The number of hydroxylamine groups is 1. The number of hydrogen-bond acceptors (Lipinski definition) is 4. The molecule has 31 heavy (non-hydrogen) atoms. The monoisotopic (exact) mass is 437 g/mol. The average Bonchev–Trinajstić information content (AvgIpc) is 3.33. The van der Waals surface area contributed by atoms with Crippen LogP contribution in [0.25, 0.3) is 0 Å². The number of unbranched alkanes of at least 4 members (excludes halogenated alkanes) is 1. The maximum atomic E-state index is 13.3. The van der Waals surface area contributed by atoms with E-state index in [4.69, 9.17) is 16.0 Å². The van der Waals surface area contributed by atoms with E-state index in [1.165, 1.54) is 6.08 Å². The summed E-state index contributed by atoms with van der Waals surface area (Å²) in [5.41, 5.74) is 7.03. The summed E-state index contributed by atoms with van der Waals surface area (Å²) in [4.78, 5) is 43.6. The van der Waals surface area contributed by atoms with Gasteiger partial charge in [0.25, 0.3) is 5.91 Å². The Morgan fingerprint density at radius 3 is 2.52 bits per heavy atom. The van der Waals surface area contributed by atoms with Gasteiger partial charge in [0, 0.05) is 18.9 Å². The minimum absolute atomic E-state index is 0.0450. The topological polar surface area (TPSA) is 148 Å². The predicted octanol–water partition coefficient (Wildman–Crippen LogP) is 1.61. The van der Waals surface area contributed by atoms with Crippen molar-refractivity contribution >= 4 is 23.6 Å². The minimum Gasteiger partial charge on any atom is -0.596 e. The van der Waals surface area contributed by atoms with Gasteiger partial charge < -0.3 is 15.7 Å². The molecule has 2 aliphatic rings. The van der Waals surface area contributed by atoms with Gasteiger partial charge in [0.2, 0.25) is 17.6 Å². The molecule has 2 atom stereocenters. The van der Waals surface area contributed by atoms with Crippen LogP contribution in [0.2, 0.25) is 0 Å². The van der Waals surface area contributed by atoms with Crippen LogP contribution in [-0.2, 0) is 14.4 Å². The van der Waals surface area contributed by atoms with Gasteiger partial charge in [-0.2, -0.15) is 4.99 Å². The summed E-state index contributed by atoms with van der Waals surface area (Å²) in [5.74, 6) is -1.74. The fourth-order valence-electron chi connectivity index (χ4n) is 3.91. The summed E-state index contributed by atoms with van der Waals surface area (Å²) in [6, 6.07) is -0.716. The quantitative estimate of drug-likeness (QED) is 0.132. The molecule has 1 spiro atoms. The van der Waals surface area contributed by atoms with Gasteiger partial charge in [-0.05, 0) is 51.9 Å². The Bertz CT molecular complexity index is 764. The number of carbonyl (C=O) groups excluding carboxylic acids is 3. The standard InChI is InChI=1S/C22H36N4O5/c1-5-6-7-14(10-18(28)25-31)20(30)26-13-22(8-9-22)12-15(26)19(29)24-17(23)11-16(27)21(2,3)4/h11,14-15,27,31H,5-10,12-13H2,1-4H3,(H,25,28)(H2,23,24,29)/p+1/b16-11-/t14-,15+/m1/s1. The Morgan fingerprint density at radius 1 is 1.35 bits per heavy atom. The number of aliphatic imine (C=N–C) groups is 1. The van der Waals surface area contributed by atoms with E-state index in [0.29, 0.717) is 19.4 Å². The van der Waals surface area contributed by atoms with Crippen molar-refractivity contribution in [3.8, 4) is 0 Å². The molecule has 2 rings (SSSR count). The van der Waals surface area contributed by atoms with Gasteiger partial charge in [0.1, 0.15) is 11.9 Å². The van der Waals surface area contributed by atoms with E-state index in [1.807, 2.05) is 27.7 Å². The average molecular weight is 438 g/mol. The van der Waals surface area contributed by atoms with Gasteiger partial charge in [-0.25, -0.2) is 5.48 Å². The van der Waals surface area contributed by atoms with Crippen molar-refractivity contribution < 1.29 is 24.7 Å². The molecular formula is C22H37N4O5+. The Kier molecular flexibility index (Phi) is 7.86. The van der Waals surface area contributed by atoms with Crippen LogP contribution in [0.3, 0.4) is 0 Å². The molecule has 1 heterocycles. The molecule has 0 radical (unpaired) electrons. The predicted molar refractivity (Wildman–Crippen MR) is 117 cm³/mol. The molecule has 9 nitrogen and oxygen atoms in total. The van der Waals surface area contributed by atoms with E-state index >= 15 is 0 Å². The van der Waals surface area contributed by atoms with E-state index in [0.717, 1.165) is 25.7 Å². The van der Waals surface area contributed by atoms with Gasteiger partial charge in [-0.1, -0.05) is 19.8 Å². The lowest BCUT2D eigenvalue weighted by Gasteiger charge is -2.27. The third-order valence-corrected chi connectivity index (χ3v) is 6.18. The van der Waals surface area contributed by atoms with Crippen LogP contribution in [0.4, 0.5) is 0 Å². The van der Waals surface area contributed by atoms with E-state index in [1.54, 1.807) is 10.4 Å². The first-order valence-corrected chi connectivity index (χ1v) is 11.0. The first-order valence-electron chi connectivity index (χ1n) is 11.0. The summed E-state index contributed by atoms with van der Waals surface area (Å²) in [6.45, 7) is 8.08. The molecule has 9 heteroatoms. The molecule has 0 aromatic rings. The number of amides is 3. The largest absolute Gasteiger partial charge is 0.596 e. The molecule has 0 aromatic carbocycles. The molecule has 2 fully saturated rings. The Hall–Kier alpha value is -2.42. The summed E-state index contributed by atoms with van der Waals surface area (Å²) in [6.07, 6.45) is 5.85. The lowest BCUT2D eigenvalue weighted by molar-refractivity contribution is -0.143. The lowest BCUT2D eigenvalue weighted by Crippen LogP contribution is -2.44. The highest BCUT2D eigenvalue weighted by Gasteiger charge is 2.55. The molecule has 1 aliphatic heterocycles. The summed E-state index contributed by atoms with van der Waals surface area (Å²) in [5, 5.41) is 16.9. The zero-order valence-electron chi connectivity index (χ0n) is 19.0. The highest BCUT2D eigenvalue weighted by molar-refractivity contribution is 6.03. The Labute approximate surface area is 183 Å². The van der Waals surface area contributed by atoms with Gasteiger partial charge in [0.05, 0.1) is 11.5 Å². The van der Waals surface area contributed by atoms with Crippen LogP contribution >= 0.6 is 0 Å². The lowest BCUT2D eigenvalue weighted by atomic mass is 9.93. The first kappa shape index (κ1) is 24.8. The van der Waals surface area contributed by atoms with Crippen molar-refractivity contribution in [3.05, 3.63) is 11.8 Å². The van der Waals surface area contributed by atoms with Crippen LogP contribution in [0.1, 0.15) is 72.6 Å². The fraction of sp³-hybridized carbons (Fsp3) is 0.727. The smallest absolute Gasteiger partial charge is 0.270 e. The van der Waals surface area contributed by atoms with Crippen molar-refractivity contribution in [2.45, 2.75) is 78.7 Å². The Balaban J connectivity index is 2.23. The number of nitrogens with one attached hydrogen (secondary N) is 1. The molecule has 0 bridgehead atoms. The number of amidine groups is 1. The minimum atomic E-state index is -0.716. The summed E-state index contributed by atoms with van der Waals surface area (Å²) >= 11 is 0. The zero-order valence-corrected chi connectivity index (χ0v) is 19.0. The number of nitrogens with two attached hydrogens (primary N) is 1. The van der Waals surface area contributed by atoms with E-state index in [2.05, 4.69) is 4.99 Å². The molecule has 174 valence electrons. The van der Waals surface area contributed by atoms with Crippen molar-refractivity contribution in [1.29, 1.82) is 0 Å². The number of hydrogen-bond donors (Lipinski definition) is 3. The molecule has 6 N–H and O–H groups in total. The van der Waals surface area contributed by atoms with Gasteiger partial charge >= 0.3 is 0 Å². The Morgan fingerprint density at radius 2 is 2.00 bits per heavy atom. The maximum absolute atomic E-state index is 13.3. The summed E-state index contributed by atoms with van der Waals surface area (Å²) in [7, 11) is 0. The second-order valence-corrected chi connectivity index (χ2v) is 9.95. The van der Waals surface area contributed by atoms with Crippen LogP contribution in [-0.4, -0.2) is 51.4 Å². The molecular weight excluding hydrogens is 400 g/mol. The van der Waals surface area contributed by atoms with Crippen molar-refractivity contribution in [2.75, 3.05) is 6.54 Å². The maximum Gasteiger partial charge on any atom is 0.270 e. The molecule has 1 saturated heterocycles. The van der Waals surface area contributed by atoms with E-state index in [9.17, 15) is 14.4 Å². The molecule has 0 aromatic heterocycles. The number of likely N-dealkylation sites (tertiary alicyclic amines) is 1. The number of nitrogens with zero attached hydrogens (tertiary/aromatic N) is 2. The number of rotatable bonds is 8. The third kappa shape index (κ3) is 6.53. The van der Waals surface area contributed by atoms with Crippen LogP contribution in [0, 0.1) is 16.7 Å². The molecule has 3 amide bonds. The highest BCUT2D eigenvalue weighted by Crippen LogP contribution is 2.55. The second kappa shape index (κ2) is 9.80. The zero-order chi connectivity index (χ0) is 23.4. The van der Waals surface area contributed by atoms with E-state index in [-0.39, 0.29) is 29.3 Å². The molecule has 1 saturated carbocycles. The van der Waals surface area contributed by atoms with Crippen LogP contribution in [0.5, 0.6) is 0 Å². The summed E-state index contributed by atoms with van der Waals surface area (Å²) < 4.78 is 0. The van der Waals surface area contributed by atoms with Crippen LogP contribution < -0.4 is 11.2 Å². The number of allylic oxidation sites excluding steroid dienone is 1. The van der Waals surface area contributed by atoms with Crippen molar-refractivity contribution in [1.82, 2.24) is 10.4 Å². The van der Waals surface area contributed by atoms with Crippen LogP contribution in [0.15, 0.2) is 16.8 Å². The first-order chi connectivity index (χ1) is 14.4. The normalized spacial score (nSPS) is 21.8. The highest BCUT2D eigenvalue weighted by atomic mass is 16.5. The molecule has 0 unspecified atom stereocenters. The van der Waals surface area contributed by atoms with E-state index < -0.39 is 29.2 Å². The number of carbonyl (C=O) groups is 3. The fourth-order valence-corrected chi connectivity index (χ4v) is 3.91. The van der Waals surface area contributed by atoms with Gasteiger partial charge in [-0.15, -0.1) is 0 Å². The van der Waals surface area contributed by atoms with Gasteiger partial charge in [-0.3, -0.25) is 19.6 Å². The van der Waals surface area contributed by atoms with Crippen molar-refractivity contribution in [3.63, 3.8) is 0 Å². The second-order valence-electron chi connectivity index (χ2n) is 9.95. The van der Waals surface area contributed by atoms with Crippen molar-refractivity contribution in [2.24, 2.45) is 27.5 Å².